The first-order valence-corrected chi connectivity index (χ1v) is 9.74. The van der Waals surface area contributed by atoms with E-state index in [9.17, 15) is 4.79 Å². The van der Waals surface area contributed by atoms with Crippen LogP contribution in [0.25, 0.3) is 0 Å². The van der Waals surface area contributed by atoms with Crippen molar-refractivity contribution in [1.29, 1.82) is 0 Å². The molecule has 3 rings (SSSR count). The zero-order valence-electron chi connectivity index (χ0n) is 16.6. The fraction of sp³-hybridized carbons (Fsp3) is 0.364. The van der Waals surface area contributed by atoms with Crippen molar-refractivity contribution >= 4 is 17.6 Å². The average molecular weight is 380 g/mol. The lowest BCUT2D eigenvalue weighted by Crippen LogP contribution is -2.46. The SMILES string of the molecule is CCNC(=NCc1ccc(OC)cc1)NCC(=O)N1CCCc2ccccc21. The Morgan fingerprint density at radius 3 is 2.68 bits per heavy atom. The van der Waals surface area contributed by atoms with Gasteiger partial charge in [0.15, 0.2) is 5.96 Å². The van der Waals surface area contributed by atoms with E-state index in [0.717, 1.165) is 42.9 Å². The van der Waals surface area contributed by atoms with Gasteiger partial charge in [0, 0.05) is 18.8 Å². The molecular formula is C22H28N4O2. The van der Waals surface area contributed by atoms with Gasteiger partial charge in [0.25, 0.3) is 0 Å². The number of guanidine groups is 1. The third-order valence-electron chi connectivity index (χ3n) is 4.74. The highest BCUT2D eigenvalue weighted by Crippen LogP contribution is 2.26. The summed E-state index contributed by atoms with van der Waals surface area (Å²) in [6.45, 7) is 4.24. The molecule has 0 atom stereocenters. The van der Waals surface area contributed by atoms with Crippen LogP contribution in [0.1, 0.15) is 24.5 Å². The molecule has 2 N–H and O–H groups in total. The summed E-state index contributed by atoms with van der Waals surface area (Å²) in [6.07, 6.45) is 2.02. The van der Waals surface area contributed by atoms with E-state index in [-0.39, 0.29) is 12.5 Å². The van der Waals surface area contributed by atoms with Gasteiger partial charge < -0.3 is 20.3 Å². The molecular weight excluding hydrogens is 352 g/mol. The predicted molar refractivity (Wildman–Crippen MR) is 113 cm³/mol. The lowest BCUT2D eigenvalue weighted by molar-refractivity contribution is -0.117. The smallest absolute Gasteiger partial charge is 0.246 e. The van der Waals surface area contributed by atoms with Gasteiger partial charge in [-0.3, -0.25) is 4.79 Å². The number of aryl methyl sites for hydroxylation is 1. The van der Waals surface area contributed by atoms with Crippen LogP contribution in [0.4, 0.5) is 5.69 Å². The molecule has 0 fully saturated rings. The second-order valence-electron chi connectivity index (χ2n) is 6.67. The molecule has 0 bridgehead atoms. The Labute approximate surface area is 166 Å². The van der Waals surface area contributed by atoms with Crippen molar-refractivity contribution in [3.63, 3.8) is 0 Å². The number of ether oxygens (including phenoxy) is 1. The minimum atomic E-state index is 0.0576. The van der Waals surface area contributed by atoms with Crippen LogP contribution in [0.5, 0.6) is 5.75 Å². The minimum Gasteiger partial charge on any atom is -0.497 e. The lowest BCUT2D eigenvalue weighted by atomic mass is 10.0. The highest BCUT2D eigenvalue weighted by molar-refractivity contribution is 5.98. The summed E-state index contributed by atoms with van der Waals surface area (Å²) in [5.41, 5.74) is 3.34. The van der Waals surface area contributed by atoms with E-state index in [2.05, 4.69) is 21.7 Å². The first kappa shape index (κ1) is 19.7. The normalized spacial score (nSPS) is 13.6. The molecule has 0 aliphatic carbocycles. The van der Waals surface area contributed by atoms with E-state index in [1.807, 2.05) is 54.3 Å². The number of anilines is 1. The van der Waals surface area contributed by atoms with Gasteiger partial charge in [0.2, 0.25) is 5.91 Å². The molecule has 2 aromatic rings. The first-order valence-electron chi connectivity index (χ1n) is 9.74. The number of methoxy groups -OCH3 is 1. The number of hydrogen-bond donors (Lipinski definition) is 2. The van der Waals surface area contributed by atoms with E-state index in [1.54, 1.807) is 7.11 Å². The summed E-state index contributed by atoms with van der Waals surface area (Å²) in [4.78, 5) is 19.2. The number of aliphatic imine (C=N–C) groups is 1. The number of hydrogen-bond acceptors (Lipinski definition) is 3. The van der Waals surface area contributed by atoms with E-state index < -0.39 is 0 Å². The average Bonchev–Trinajstić information content (AvgIpc) is 2.75. The maximum Gasteiger partial charge on any atom is 0.246 e. The topological polar surface area (TPSA) is 66.0 Å². The molecule has 1 amide bonds. The number of benzene rings is 2. The highest BCUT2D eigenvalue weighted by atomic mass is 16.5. The fourth-order valence-corrected chi connectivity index (χ4v) is 3.29. The predicted octanol–water partition coefficient (Wildman–Crippen LogP) is 2.73. The van der Waals surface area contributed by atoms with Gasteiger partial charge in [-0.25, -0.2) is 4.99 Å². The number of nitrogens with one attached hydrogen (secondary N) is 2. The highest BCUT2D eigenvalue weighted by Gasteiger charge is 2.21. The van der Waals surface area contributed by atoms with Crippen molar-refractivity contribution in [2.24, 2.45) is 4.99 Å². The molecule has 6 heteroatoms. The second-order valence-corrected chi connectivity index (χ2v) is 6.67. The number of carbonyl (C=O) groups excluding carboxylic acids is 1. The standard InChI is InChI=1S/C22H28N4O2/c1-3-23-22(24-15-17-10-12-19(28-2)13-11-17)25-16-21(27)26-14-6-8-18-7-4-5-9-20(18)26/h4-5,7,9-13H,3,6,8,14-16H2,1-2H3,(H2,23,24,25). The third kappa shape index (κ3) is 5.03. The van der Waals surface area contributed by atoms with E-state index in [1.165, 1.54) is 5.56 Å². The molecule has 0 saturated carbocycles. The van der Waals surface area contributed by atoms with Crippen LogP contribution < -0.4 is 20.3 Å². The Bertz CT molecular complexity index is 818. The number of rotatable bonds is 6. The molecule has 0 unspecified atom stereocenters. The Morgan fingerprint density at radius 1 is 1.14 bits per heavy atom. The van der Waals surface area contributed by atoms with Crippen LogP contribution in [-0.4, -0.2) is 38.6 Å². The molecule has 28 heavy (non-hydrogen) atoms. The van der Waals surface area contributed by atoms with E-state index in [4.69, 9.17) is 4.74 Å². The van der Waals surface area contributed by atoms with Gasteiger partial charge >= 0.3 is 0 Å². The lowest BCUT2D eigenvalue weighted by Gasteiger charge is -2.29. The summed E-state index contributed by atoms with van der Waals surface area (Å²) in [7, 11) is 1.65. The Hall–Kier alpha value is -3.02. The Balaban J connectivity index is 1.60. The van der Waals surface area contributed by atoms with Crippen LogP contribution in [0.15, 0.2) is 53.5 Å². The van der Waals surface area contributed by atoms with Crippen molar-refractivity contribution in [3.8, 4) is 5.75 Å². The number of amides is 1. The Morgan fingerprint density at radius 2 is 1.93 bits per heavy atom. The Kier molecular flexibility index (Phi) is 6.89. The number of para-hydroxylation sites is 1. The van der Waals surface area contributed by atoms with E-state index >= 15 is 0 Å². The number of carbonyl (C=O) groups is 1. The molecule has 1 heterocycles. The van der Waals surface area contributed by atoms with Crippen LogP contribution in [-0.2, 0) is 17.8 Å². The summed E-state index contributed by atoms with van der Waals surface area (Å²) in [5.74, 6) is 1.52. The summed E-state index contributed by atoms with van der Waals surface area (Å²) in [6, 6.07) is 15.9. The molecule has 0 radical (unpaired) electrons. The molecule has 148 valence electrons. The maximum absolute atomic E-state index is 12.8. The molecule has 0 spiro atoms. The first-order chi connectivity index (χ1) is 13.7. The van der Waals surface area contributed by atoms with Crippen LogP contribution in [0.3, 0.4) is 0 Å². The fourth-order valence-electron chi connectivity index (χ4n) is 3.29. The van der Waals surface area contributed by atoms with Crippen molar-refractivity contribution in [1.82, 2.24) is 10.6 Å². The van der Waals surface area contributed by atoms with Crippen molar-refractivity contribution in [2.75, 3.05) is 31.6 Å². The zero-order valence-corrected chi connectivity index (χ0v) is 16.6. The largest absolute Gasteiger partial charge is 0.497 e. The van der Waals surface area contributed by atoms with Crippen LogP contribution >= 0.6 is 0 Å². The zero-order chi connectivity index (χ0) is 19.8. The molecule has 6 nitrogen and oxygen atoms in total. The number of fused-ring (bicyclic) bond motifs is 1. The van der Waals surface area contributed by atoms with E-state index in [0.29, 0.717) is 12.5 Å². The summed E-state index contributed by atoms with van der Waals surface area (Å²) >= 11 is 0. The summed E-state index contributed by atoms with van der Waals surface area (Å²) < 4.78 is 5.18. The summed E-state index contributed by atoms with van der Waals surface area (Å²) in [5, 5.41) is 6.36. The van der Waals surface area contributed by atoms with Gasteiger partial charge in [-0.15, -0.1) is 0 Å². The van der Waals surface area contributed by atoms with Gasteiger partial charge in [0.05, 0.1) is 20.2 Å². The maximum atomic E-state index is 12.8. The van der Waals surface area contributed by atoms with Gasteiger partial charge in [-0.05, 0) is 49.1 Å². The molecule has 1 aliphatic heterocycles. The van der Waals surface area contributed by atoms with Gasteiger partial charge in [-0.2, -0.15) is 0 Å². The van der Waals surface area contributed by atoms with Crippen molar-refractivity contribution in [2.45, 2.75) is 26.3 Å². The third-order valence-corrected chi connectivity index (χ3v) is 4.74. The molecule has 1 aliphatic rings. The number of nitrogens with zero attached hydrogens (tertiary/aromatic N) is 2. The quantitative estimate of drug-likeness (QED) is 0.597. The van der Waals surface area contributed by atoms with Crippen molar-refractivity contribution < 1.29 is 9.53 Å². The van der Waals surface area contributed by atoms with Gasteiger partial charge in [0.1, 0.15) is 5.75 Å². The second kappa shape index (κ2) is 9.78. The van der Waals surface area contributed by atoms with Crippen LogP contribution in [0, 0.1) is 0 Å². The van der Waals surface area contributed by atoms with Gasteiger partial charge in [-0.1, -0.05) is 30.3 Å². The van der Waals surface area contributed by atoms with Crippen molar-refractivity contribution in [3.05, 3.63) is 59.7 Å². The molecule has 2 aromatic carbocycles. The van der Waals surface area contributed by atoms with Crippen LogP contribution in [0.2, 0.25) is 0 Å². The minimum absolute atomic E-state index is 0.0576. The molecule has 0 aromatic heterocycles. The molecule has 0 saturated heterocycles. The monoisotopic (exact) mass is 380 g/mol.